The van der Waals surface area contributed by atoms with Gasteiger partial charge in [-0.25, -0.2) is 21.8 Å². The summed E-state index contributed by atoms with van der Waals surface area (Å²) >= 11 is 0. The normalized spacial score (nSPS) is 14.7. The summed E-state index contributed by atoms with van der Waals surface area (Å²) in [6.07, 6.45) is 1.20. The van der Waals surface area contributed by atoms with Gasteiger partial charge in [0.25, 0.3) is 10.0 Å². The van der Waals surface area contributed by atoms with Gasteiger partial charge in [-0.2, -0.15) is 0 Å². The molecule has 4 aromatic carbocycles. The maximum atomic E-state index is 13.3. The van der Waals surface area contributed by atoms with Crippen molar-refractivity contribution < 1.29 is 21.9 Å². The maximum Gasteiger partial charge on any atom is 0.261 e. The SMILES string of the molecule is CS(=O)(=O)N(CCN1CCNCC1)c1ccc(N=C(c2ccccc2)c2c(O)[nH]c3ccc(S(=O)(=O)Nc4ccccc4)cc23)cc1. The van der Waals surface area contributed by atoms with E-state index < -0.39 is 20.0 Å². The van der Waals surface area contributed by atoms with Crippen LogP contribution in [0.25, 0.3) is 10.9 Å². The molecule has 11 nitrogen and oxygen atoms in total. The van der Waals surface area contributed by atoms with Crippen molar-refractivity contribution in [2.75, 3.05) is 54.6 Å². The number of benzene rings is 4. The molecule has 4 N–H and O–H groups in total. The van der Waals surface area contributed by atoms with Crippen LogP contribution in [0, 0.1) is 0 Å². The van der Waals surface area contributed by atoms with Crippen LogP contribution in [0.3, 0.4) is 0 Å². The second kappa shape index (κ2) is 13.6. The number of para-hydroxylation sites is 1. The molecule has 2 heterocycles. The van der Waals surface area contributed by atoms with Crippen molar-refractivity contribution in [1.82, 2.24) is 15.2 Å². The Labute approximate surface area is 274 Å². The van der Waals surface area contributed by atoms with E-state index in [9.17, 15) is 21.9 Å². The Kier molecular flexibility index (Phi) is 9.32. The molecular formula is C34H36N6O5S2. The predicted octanol–water partition coefficient (Wildman–Crippen LogP) is 4.51. The van der Waals surface area contributed by atoms with Crippen LogP contribution < -0.4 is 14.3 Å². The van der Waals surface area contributed by atoms with Crippen molar-refractivity contribution in [2.45, 2.75) is 4.90 Å². The zero-order valence-electron chi connectivity index (χ0n) is 25.8. The van der Waals surface area contributed by atoms with Gasteiger partial charge in [0.05, 0.1) is 33.8 Å². The lowest BCUT2D eigenvalue weighted by Gasteiger charge is -2.30. The molecule has 0 unspecified atom stereocenters. The highest BCUT2D eigenvalue weighted by Gasteiger charge is 2.23. The molecule has 6 rings (SSSR count). The van der Waals surface area contributed by atoms with E-state index in [1.54, 1.807) is 60.7 Å². The number of H-pyrrole nitrogens is 1. The Morgan fingerprint density at radius 1 is 0.894 bits per heavy atom. The number of fused-ring (bicyclic) bond motifs is 1. The molecule has 0 bridgehead atoms. The summed E-state index contributed by atoms with van der Waals surface area (Å²) in [5.74, 6) is -0.166. The third kappa shape index (κ3) is 7.49. The highest BCUT2D eigenvalue weighted by atomic mass is 32.2. The van der Waals surface area contributed by atoms with Gasteiger partial charge in [-0.05, 0) is 54.6 Å². The molecule has 5 aromatic rings. The second-order valence-electron chi connectivity index (χ2n) is 11.3. The molecular weight excluding hydrogens is 637 g/mol. The first kappa shape index (κ1) is 32.3. The van der Waals surface area contributed by atoms with Gasteiger partial charge in [-0.1, -0.05) is 48.5 Å². The van der Waals surface area contributed by atoms with Crippen molar-refractivity contribution >= 4 is 53.7 Å². The Hall–Kier alpha value is -4.69. The second-order valence-corrected chi connectivity index (χ2v) is 14.9. The number of aromatic amines is 1. The minimum atomic E-state index is -3.94. The Morgan fingerprint density at radius 3 is 2.21 bits per heavy atom. The summed E-state index contributed by atoms with van der Waals surface area (Å²) in [6.45, 7) is 4.43. The minimum absolute atomic E-state index is 0.0209. The molecule has 1 aromatic heterocycles. The average Bonchev–Trinajstić information content (AvgIpc) is 3.39. The fourth-order valence-electron chi connectivity index (χ4n) is 5.62. The first-order chi connectivity index (χ1) is 22.6. The molecule has 1 fully saturated rings. The largest absolute Gasteiger partial charge is 0.494 e. The zero-order valence-corrected chi connectivity index (χ0v) is 27.4. The van der Waals surface area contributed by atoms with Gasteiger partial charge in [0.2, 0.25) is 10.0 Å². The van der Waals surface area contributed by atoms with E-state index in [2.05, 4.69) is 19.9 Å². The first-order valence-electron chi connectivity index (χ1n) is 15.2. The monoisotopic (exact) mass is 672 g/mol. The standard InChI is InChI=1S/C34H36N6O5S2/c1-46(42,43)40(23-22-39-20-18-35-19-21-39)28-14-12-26(13-15-28)36-33(25-8-4-2-5-9-25)32-30-24-29(16-17-31(30)37-34(32)41)47(44,45)38-27-10-6-3-7-11-27/h2-17,24,35,37-38,41H,18-23H2,1H3. The zero-order chi connectivity index (χ0) is 33.0. The molecule has 0 saturated carbocycles. The number of sulfonamides is 2. The Balaban J connectivity index is 1.37. The first-order valence-corrected chi connectivity index (χ1v) is 18.5. The third-order valence-corrected chi connectivity index (χ3v) is 10.6. The van der Waals surface area contributed by atoms with Gasteiger partial charge >= 0.3 is 0 Å². The maximum absolute atomic E-state index is 13.3. The van der Waals surface area contributed by atoms with E-state index in [0.29, 0.717) is 57.9 Å². The number of anilines is 2. The quantitative estimate of drug-likeness (QED) is 0.151. The highest BCUT2D eigenvalue weighted by Crippen LogP contribution is 2.34. The minimum Gasteiger partial charge on any atom is -0.494 e. The number of nitrogens with one attached hydrogen (secondary N) is 3. The molecule has 0 amide bonds. The third-order valence-electron chi connectivity index (χ3n) is 7.98. The number of nitrogens with zero attached hydrogens (tertiary/aromatic N) is 3. The lowest BCUT2D eigenvalue weighted by Crippen LogP contribution is -2.47. The van der Waals surface area contributed by atoms with E-state index in [-0.39, 0.29) is 10.8 Å². The number of hydrogen-bond acceptors (Lipinski definition) is 8. The number of piperazine rings is 1. The number of hydrogen-bond donors (Lipinski definition) is 4. The lowest BCUT2D eigenvalue weighted by molar-refractivity contribution is 0.248. The molecule has 0 radical (unpaired) electrons. The van der Waals surface area contributed by atoms with Gasteiger partial charge in [0, 0.05) is 61.4 Å². The van der Waals surface area contributed by atoms with Gasteiger partial charge in [0.1, 0.15) is 0 Å². The van der Waals surface area contributed by atoms with Crippen LogP contribution in [0.1, 0.15) is 11.1 Å². The van der Waals surface area contributed by atoms with Crippen molar-refractivity contribution in [3.05, 3.63) is 114 Å². The van der Waals surface area contributed by atoms with Crippen molar-refractivity contribution in [3.8, 4) is 5.88 Å². The number of aromatic nitrogens is 1. The number of aliphatic imine (C=N–C) groups is 1. The molecule has 47 heavy (non-hydrogen) atoms. The van der Waals surface area contributed by atoms with E-state index in [0.717, 1.165) is 26.2 Å². The van der Waals surface area contributed by atoms with Crippen LogP contribution in [-0.4, -0.2) is 83.1 Å². The summed E-state index contributed by atoms with van der Waals surface area (Å²) in [7, 11) is -7.48. The lowest BCUT2D eigenvalue weighted by atomic mass is 10.0. The number of rotatable bonds is 11. The summed E-state index contributed by atoms with van der Waals surface area (Å²) in [5, 5.41) is 14.9. The molecule has 13 heteroatoms. The van der Waals surface area contributed by atoms with E-state index in [1.165, 1.54) is 22.7 Å². The van der Waals surface area contributed by atoms with Gasteiger partial charge in [-0.3, -0.25) is 13.9 Å². The summed E-state index contributed by atoms with van der Waals surface area (Å²) in [5.41, 5.74) is 3.44. The topological polar surface area (TPSA) is 147 Å². The Bertz CT molecular complexity index is 2100. The van der Waals surface area contributed by atoms with E-state index >= 15 is 0 Å². The van der Waals surface area contributed by atoms with E-state index in [4.69, 9.17) is 4.99 Å². The molecule has 0 atom stereocenters. The summed E-state index contributed by atoms with van der Waals surface area (Å²) in [6, 6.07) is 29.4. The molecule has 1 aliphatic heterocycles. The fraction of sp³-hybridized carbons (Fsp3) is 0.206. The molecule has 1 aliphatic rings. The van der Waals surface area contributed by atoms with Crippen LogP contribution >= 0.6 is 0 Å². The fourth-order valence-corrected chi connectivity index (χ4v) is 7.62. The van der Waals surface area contributed by atoms with Gasteiger partial charge < -0.3 is 15.4 Å². The molecule has 1 saturated heterocycles. The van der Waals surface area contributed by atoms with Crippen molar-refractivity contribution in [3.63, 3.8) is 0 Å². The van der Waals surface area contributed by atoms with Crippen LogP contribution in [0.2, 0.25) is 0 Å². The average molecular weight is 673 g/mol. The predicted molar refractivity (Wildman–Crippen MR) is 187 cm³/mol. The molecule has 0 aliphatic carbocycles. The van der Waals surface area contributed by atoms with Crippen LogP contribution in [0.5, 0.6) is 5.88 Å². The van der Waals surface area contributed by atoms with E-state index in [1.807, 2.05) is 30.3 Å². The number of aromatic hydroxyl groups is 1. The molecule has 0 spiro atoms. The van der Waals surface area contributed by atoms with Crippen LogP contribution in [-0.2, 0) is 20.0 Å². The summed E-state index contributed by atoms with van der Waals surface area (Å²) < 4.78 is 56.2. The smallest absolute Gasteiger partial charge is 0.261 e. The Morgan fingerprint density at radius 2 is 1.55 bits per heavy atom. The van der Waals surface area contributed by atoms with Crippen LogP contribution in [0.4, 0.5) is 17.1 Å². The van der Waals surface area contributed by atoms with Crippen molar-refractivity contribution in [1.29, 1.82) is 0 Å². The highest BCUT2D eigenvalue weighted by molar-refractivity contribution is 7.92. The summed E-state index contributed by atoms with van der Waals surface area (Å²) in [4.78, 5) is 10.1. The van der Waals surface area contributed by atoms with Crippen molar-refractivity contribution in [2.24, 2.45) is 4.99 Å². The van der Waals surface area contributed by atoms with Crippen LogP contribution in [0.15, 0.2) is 113 Å². The van der Waals surface area contributed by atoms with Gasteiger partial charge in [0.15, 0.2) is 5.88 Å². The molecule has 244 valence electrons. The van der Waals surface area contributed by atoms with Gasteiger partial charge in [-0.15, -0.1) is 0 Å².